The maximum Gasteiger partial charge on any atom is 0.423 e. The summed E-state index contributed by atoms with van der Waals surface area (Å²) < 4.78 is 50.6. The maximum absolute atomic E-state index is 13.3. The van der Waals surface area contributed by atoms with Gasteiger partial charge in [0.1, 0.15) is 11.3 Å². The molecule has 1 heterocycles. The van der Waals surface area contributed by atoms with Crippen molar-refractivity contribution in [1.29, 1.82) is 0 Å². The summed E-state index contributed by atoms with van der Waals surface area (Å²) in [6, 6.07) is 7.24. The highest BCUT2D eigenvalue weighted by atomic mass is 19.4. The average molecular weight is 383 g/mol. The maximum atomic E-state index is 13.3. The molecule has 0 bridgehead atoms. The fraction of sp³-hybridized carbons (Fsp3) is 0.474. The number of aromatic nitrogens is 2. The molecule has 0 spiro atoms. The van der Waals surface area contributed by atoms with Gasteiger partial charge in [-0.05, 0) is 31.9 Å². The van der Waals surface area contributed by atoms with Gasteiger partial charge >= 0.3 is 6.18 Å². The zero-order chi connectivity index (χ0) is 20.0. The number of anilines is 2. The van der Waals surface area contributed by atoms with Gasteiger partial charge in [-0.3, -0.25) is 0 Å². The van der Waals surface area contributed by atoms with Crippen LogP contribution in [-0.2, 0) is 6.18 Å². The fourth-order valence-electron chi connectivity index (χ4n) is 2.38. The van der Waals surface area contributed by atoms with Crippen molar-refractivity contribution in [3.05, 3.63) is 36.0 Å². The number of rotatable bonds is 8. The van der Waals surface area contributed by atoms with E-state index in [1.807, 2.05) is 45.9 Å². The van der Waals surface area contributed by atoms with Crippen LogP contribution in [0.1, 0.15) is 33.3 Å². The Morgan fingerprint density at radius 2 is 1.89 bits per heavy atom. The van der Waals surface area contributed by atoms with Gasteiger partial charge in [-0.25, -0.2) is 4.98 Å². The first-order valence-corrected chi connectivity index (χ1v) is 8.83. The van der Waals surface area contributed by atoms with Crippen molar-refractivity contribution in [2.75, 3.05) is 24.7 Å². The molecule has 5 nitrogen and oxygen atoms in total. The SMILES string of the molecule is CCOc1cccc(N(CC)c2ncc(C(F)(F)F)c(OCC(C)C)n2)c1. The van der Waals surface area contributed by atoms with Crippen molar-refractivity contribution < 1.29 is 22.6 Å². The Morgan fingerprint density at radius 3 is 2.48 bits per heavy atom. The van der Waals surface area contributed by atoms with Crippen LogP contribution in [0.15, 0.2) is 30.5 Å². The zero-order valence-corrected chi connectivity index (χ0v) is 15.9. The highest BCUT2D eigenvalue weighted by Crippen LogP contribution is 2.36. The van der Waals surface area contributed by atoms with E-state index in [0.717, 1.165) is 11.9 Å². The van der Waals surface area contributed by atoms with Crippen molar-refractivity contribution in [3.8, 4) is 11.6 Å². The van der Waals surface area contributed by atoms with E-state index in [1.165, 1.54) is 0 Å². The van der Waals surface area contributed by atoms with E-state index in [-0.39, 0.29) is 18.5 Å². The summed E-state index contributed by atoms with van der Waals surface area (Å²) in [5.41, 5.74) is -0.260. The summed E-state index contributed by atoms with van der Waals surface area (Å²) in [6.07, 6.45) is -3.82. The van der Waals surface area contributed by atoms with Crippen molar-refractivity contribution in [3.63, 3.8) is 0 Å². The van der Waals surface area contributed by atoms with Crippen LogP contribution in [0.25, 0.3) is 0 Å². The Balaban J connectivity index is 2.42. The number of benzene rings is 1. The summed E-state index contributed by atoms with van der Waals surface area (Å²) in [4.78, 5) is 9.70. The van der Waals surface area contributed by atoms with E-state index in [2.05, 4.69) is 9.97 Å². The van der Waals surface area contributed by atoms with Crippen LogP contribution < -0.4 is 14.4 Å². The smallest absolute Gasteiger partial charge is 0.423 e. The van der Waals surface area contributed by atoms with Crippen molar-refractivity contribution >= 4 is 11.6 Å². The highest BCUT2D eigenvalue weighted by Gasteiger charge is 2.36. The molecule has 8 heteroatoms. The second-order valence-corrected chi connectivity index (χ2v) is 6.27. The number of alkyl halides is 3. The van der Waals surface area contributed by atoms with Crippen LogP contribution in [-0.4, -0.2) is 29.7 Å². The molecule has 0 aliphatic rings. The Labute approximate surface area is 157 Å². The number of hydrogen-bond donors (Lipinski definition) is 0. The standard InChI is InChI=1S/C19H24F3N3O2/c1-5-25(14-8-7-9-15(10-14)26-6-2)18-23-11-16(19(20,21)22)17(24-18)27-12-13(3)4/h7-11,13H,5-6,12H2,1-4H3. The van der Waals surface area contributed by atoms with E-state index in [0.29, 0.717) is 18.9 Å². The van der Waals surface area contributed by atoms with Crippen LogP contribution >= 0.6 is 0 Å². The second kappa shape index (κ2) is 8.92. The molecular weight excluding hydrogens is 359 g/mol. The lowest BCUT2D eigenvalue weighted by molar-refractivity contribution is -0.139. The van der Waals surface area contributed by atoms with E-state index in [4.69, 9.17) is 9.47 Å². The summed E-state index contributed by atoms with van der Waals surface area (Å²) in [5.74, 6) is 0.407. The van der Waals surface area contributed by atoms with Gasteiger partial charge in [0.2, 0.25) is 11.8 Å². The molecule has 0 aliphatic heterocycles. The first-order chi connectivity index (χ1) is 12.8. The van der Waals surface area contributed by atoms with Crippen molar-refractivity contribution in [2.45, 2.75) is 33.9 Å². The van der Waals surface area contributed by atoms with Crippen LogP contribution in [0.5, 0.6) is 11.6 Å². The molecule has 2 aromatic rings. The predicted molar refractivity (Wildman–Crippen MR) is 97.7 cm³/mol. The van der Waals surface area contributed by atoms with Gasteiger partial charge in [0.15, 0.2) is 0 Å². The van der Waals surface area contributed by atoms with E-state index >= 15 is 0 Å². The average Bonchev–Trinajstić information content (AvgIpc) is 2.60. The second-order valence-electron chi connectivity index (χ2n) is 6.27. The molecule has 148 valence electrons. The van der Waals surface area contributed by atoms with Gasteiger partial charge in [0.05, 0.1) is 13.2 Å². The van der Waals surface area contributed by atoms with Crippen LogP contribution in [0.4, 0.5) is 24.8 Å². The number of halogens is 3. The fourth-order valence-corrected chi connectivity index (χ4v) is 2.38. The molecular formula is C19H24F3N3O2. The number of nitrogens with zero attached hydrogens (tertiary/aromatic N) is 3. The van der Waals surface area contributed by atoms with Crippen LogP contribution in [0.3, 0.4) is 0 Å². The molecule has 27 heavy (non-hydrogen) atoms. The Bertz CT molecular complexity index is 751. The van der Waals surface area contributed by atoms with Gasteiger partial charge < -0.3 is 14.4 Å². The van der Waals surface area contributed by atoms with Gasteiger partial charge in [0, 0.05) is 24.5 Å². The molecule has 2 rings (SSSR count). The van der Waals surface area contributed by atoms with Crippen LogP contribution in [0, 0.1) is 5.92 Å². The third-order valence-corrected chi connectivity index (χ3v) is 3.60. The molecule has 1 aromatic carbocycles. The molecule has 0 aliphatic carbocycles. The van der Waals surface area contributed by atoms with E-state index in [9.17, 15) is 13.2 Å². The minimum atomic E-state index is -4.59. The third kappa shape index (κ3) is 5.48. The Morgan fingerprint density at radius 1 is 1.15 bits per heavy atom. The van der Waals surface area contributed by atoms with Crippen molar-refractivity contribution in [1.82, 2.24) is 9.97 Å². The largest absolute Gasteiger partial charge is 0.494 e. The lowest BCUT2D eigenvalue weighted by Gasteiger charge is -2.23. The zero-order valence-electron chi connectivity index (χ0n) is 15.9. The monoisotopic (exact) mass is 383 g/mol. The lowest BCUT2D eigenvalue weighted by Crippen LogP contribution is -2.21. The number of hydrogen-bond acceptors (Lipinski definition) is 5. The molecule has 0 unspecified atom stereocenters. The molecule has 0 saturated carbocycles. The first-order valence-electron chi connectivity index (χ1n) is 8.83. The summed E-state index contributed by atoms with van der Waals surface area (Å²) in [5, 5.41) is 0. The molecule has 1 aromatic heterocycles. The third-order valence-electron chi connectivity index (χ3n) is 3.60. The molecule has 0 atom stereocenters. The Hall–Kier alpha value is -2.51. The molecule has 0 saturated heterocycles. The van der Waals surface area contributed by atoms with Gasteiger partial charge in [-0.1, -0.05) is 19.9 Å². The predicted octanol–water partition coefficient (Wildman–Crippen LogP) is 5.09. The van der Waals surface area contributed by atoms with E-state index in [1.54, 1.807) is 11.0 Å². The molecule has 0 radical (unpaired) electrons. The van der Waals surface area contributed by atoms with E-state index < -0.39 is 17.6 Å². The first kappa shape index (κ1) is 20.8. The normalized spacial score (nSPS) is 11.6. The topological polar surface area (TPSA) is 47.5 Å². The van der Waals surface area contributed by atoms with Crippen LogP contribution in [0.2, 0.25) is 0 Å². The summed E-state index contributed by atoms with van der Waals surface area (Å²) >= 11 is 0. The van der Waals surface area contributed by atoms with Crippen molar-refractivity contribution in [2.24, 2.45) is 5.92 Å². The highest BCUT2D eigenvalue weighted by molar-refractivity contribution is 5.59. The summed E-state index contributed by atoms with van der Waals surface area (Å²) in [7, 11) is 0. The van der Waals surface area contributed by atoms with Gasteiger partial charge in [0.25, 0.3) is 0 Å². The lowest BCUT2D eigenvalue weighted by atomic mass is 10.2. The summed E-state index contributed by atoms with van der Waals surface area (Å²) in [6.45, 7) is 8.56. The molecule has 0 amide bonds. The minimum absolute atomic E-state index is 0.0645. The van der Waals surface area contributed by atoms with Gasteiger partial charge in [-0.2, -0.15) is 18.2 Å². The quantitative estimate of drug-likeness (QED) is 0.636. The molecule has 0 N–H and O–H groups in total. The van der Waals surface area contributed by atoms with Gasteiger partial charge in [-0.15, -0.1) is 0 Å². The molecule has 0 fully saturated rings. The minimum Gasteiger partial charge on any atom is -0.494 e. The number of ether oxygens (including phenoxy) is 2. The Kier molecular flexibility index (Phi) is 6.87.